The molecule has 0 fully saturated rings. The van der Waals surface area contributed by atoms with Gasteiger partial charge in [0.25, 0.3) is 0 Å². The second-order valence-corrected chi connectivity index (χ2v) is 6.37. The Bertz CT molecular complexity index is 922. The molecule has 0 aliphatic heterocycles. The van der Waals surface area contributed by atoms with Gasteiger partial charge >= 0.3 is 0 Å². The number of anilines is 2. The monoisotopic (exact) mass is 363 g/mol. The molecule has 132 valence electrons. The number of nitrogens with two attached hydrogens (primary N) is 1. The van der Waals surface area contributed by atoms with Gasteiger partial charge in [0.15, 0.2) is 5.65 Å². The predicted molar refractivity (Wildman–Crippen MR) is 98.2 cm³/mol. The van der Waals surface area contributed by atoms with Crippen LogP contribution in [-0.4, -0.2) is 51.8 Å². The molecule has 2 aromatic heterocycles. The smallest absolute Gasteiger partial charge is 0.225 e. The Balaban J connectivity index is 2.11. The number of halogens is 2. The van der Waals surface area contributed by atoms with Crippen LogP contribution in [0.1, 0.15) is 0 Å². The van der Waals surface area contributed by atoms with Crippen molar-refractivity contribution in [1.29, 1.82) is 0 Å². The summed E-state index contributed by atoms with van der Waals surface area (Å²) in [6.07, 6.45) is 0. The lowest BCUT2D eigenvalue weighted by Gasteiger charge is -2.11. The third-order valence-corrected chi connectivity index (χ3v) is 4.06. The van der Waals surface area contributed by atoms with Gasteiger partial charge in [0, 0.05) is 25.7 Å². The van der Waals surface area contributed by atoms with Crippen LogP contribution in [0.4, 0.5) is 16.2 Å². The van der Waals surface area contributed by atoms with Crippen LogP contribution in [0.15, 0.2) is 18.2 Å². The third kappa shape index (κ3) is 3.49. The predicted octanol–water partition coefficient (Wildman–Crippen LogP) is 2.38. The average molecular weight is 364 g/mol. The molecule has 0 atom stereocenters. The minimum Gasteiger partial charge on any atom is -0.383 e. The van der Waals surface area contributed by atoms with Crippen LogP contribution < -0.4 is 11.1 Å². The first-order valence-corrected chi connectivity index (χ1v) is 8.09. The summed E-state index contributed by atoms with van der Waals surface area (Å²) >= 11 is 5.93. The first kappa shape index (κ1) is 17.4. The van der Waals surface area contributed by atoms with Crippen molar-refractivity contribution in [3.05, 3.63) is 29.0 Å². The van der Waals surface area contributed by atoms with Crippen LogP contribution in [-0.2, 0) is 7.05 Å². The Hall–Kier alpha value is -2.45. The van der Waals surface area contributed by atoms with Gasteiger partial charge in [-0.15, -0.1) is 0 Å². The lowest BCUT2D eigenvalue weighted by atomic mass is 10.1. The highest BCUT2D eigenvalue weighted by molar-refractivity contribution is 6.31. The van der Waals surface area contributed by atoms with Gasteiger partial charge < -0.3 is 16.0 Å². The largest absolute Gasteiger partial charge is 0.383 e. The number of nitrogens with zero attached hydrogens (tertiary/aromatic N) is 5. The van der Waals surface area contributed by atoms with Crippen molar-refractivity contribution < 1.29 is 4.39 Å². The fourth-order valence-corrected chi connectivity index (χ4v) is 2.62. The molecule has 0 aliphatic rings. The topological polar surface area (TPSA) is 84.9 Å². The van der Waals surface area contributed by atoms with Crippen molar-refractivity contribution in [3.8, 4) is 11.3 Å². The molecule has 25 heavy (non-hydrogen) atoms. The second-order valence-electron chi connectivity index (χ2n) is 5.96. The minimum absolute atomic E-state index is 0.0221. The van der Waals surface area contributed by atoms with Gasteiger partial charge in [0.2, 0.25) is 5.95 Å². The molecule has 1 aromatic carbocycles. The molecule has 0 amide bonds. The molecule has 3 aromatic rings. The molecular formula is C16H19ClFN7. The zero-order valence-corrected chi connectivity index (χ0v) is 15.0. The third-order valence-electron chi connectivity index (χ3n) is 3.77. The van der Waals surface area contributed by atoms with Crippen LogP contribution in [0.3, 0.4) is 0 Å². The number of hydrogen-bond donors (Lipinski definition) is 2. The van der Waals surface area contributed by atoms with E-state index in [1.165, 1.54) is 16.8 Å². The SMILES string of the molecule is CN(C)CCNc1nc(-c2ccc(F)c(Cl)c2)c2c(N)n(C)nc2n1. The highest BCUT2D eigenvalue weighted by Gasteiger charge is 2.18. The molecule has 2 heterocycles. The number of benzene rings is 1. The van der Waals surface area contributed by atoms with Crippen LogP contribution in [0.25, 0.3) is 22.3 Å². The van der Waals surface area contributed by atoms with E-state index >= 15 is 0 Å². The Morgan fingerprint density at radius 2 is 2.08 bits per heavy atom. The zero-order chi connectivity index (χ0) is 18.1. The lowest BCUT2D eigenvalue weighted by Crippen LogP contribution is -2.21. The molecule has 0 saturated heterocycles. The Kier molecular flexibility index (Phi) is 4.73. The number of hydrogen-bond acceptors (Lipinski definition) is 6. The fraction of sp³-hybridized carbons (Fsp3) is 0.312. The van der Waals surface area contributed by atoms with Gasteiger partial charge in [0.1, 0.15) is 11.6 Å². The molecule has 3 N–H and O–H groups in total. The summed E-state index contributed by atoms with van der Waals surface area (Å²) < 4.78 is 15.0. The maximum absolute atomic E-state index is 13.5. The highest BCUT2D eigenvalue weighted by atomic mass is 35.5. The van der Waals surface area contributed by atoms with E-state index in [1.54, 1.807) is 13.1 Å². The number of aryl methyl sites for hydroxylation is 1. The number of rotatable bonds is 5. The van der Waals surface area contributed by atoms with Gasteiger partial charge in [-0.25, -0.2) is 9.37 Å². The quantitative estimate of drug-likeness (QED) is 0.724. The summed E-state index contributed by atoms with van der Waals surface area (Å²) in [5, 5.41) is 8.13. The van der Waals surface area contributed by atoms with Crippen molar-refractivity contribution in [2.45, 2.75) is 0 Å². The molecule has 7 nitrogen and oxygen atoms in total. The number of nitrogens with one attached hydrogen (secondary N) is 1. The van der Waals surface area contributed by atoms with Gasteiger partial charge in [-0.3, -0.25) is 4.68 Å². The van der Waals surface area contributed by atoms with Crippen LogP contribution >= 0.6 is 11.6 Å². The summed E-state index contributed by atoms with van der Waals surface area (Å²) in [6.45, 7) is 1.49. The summed E-state index contributed by atoms with van der Waals surface area (Å²) in [5.41, 5.74) is 7.80. The van der Waals surface area contributed by atoms with Crippen molar-refractivity contribution in [1.82, 2.24) is 24.6 Å². The van der Waals surface area contributed by atoms with E-state index in [2.05, 4.69) is 20.4 Å². The van der Waals surface area contributed by atoms with Gasteiger partial charge in [0.05, 0.1) is 16.1 Å². The number of aromatic nitrogens is 4. The molecule has 0 bridgehead atoms. The molecule has 3 rings (SSSR count). The average Bonchev–Trinajstić information content (AvgIpc) is 2.84. The minimum atomic E-state index is -0.487. The molecule has 9 heteroatoms. The summed E-state index contributed by atoms with van der Waals surface area (Å²) in [5.74, 6) is 0.382. The zero-order valence-electron chi connectivity index (χ0n) is 14.2. The number of fused-ring (bicyclic) bond motifs is 1. The first-order chi connectivity index (χ1) is 11.9. The van der Waals surface area contributed by atoms with Crippen molar-refractivity contribution in [2.24, 2.45) is 7.05 Å². The van der Waals surface area contributed by atoms with Crippen molar-refractivity contribution in [3.63, 3.8) is 0 Å². The van der Waals surface area contributed by atoms with E-state index in [9.17, 15) is 4.39 Å². The van der Waals surface area contributed by atoms with Gasteiger partial charge in [-0.2, -0.15) is 10.1 Å². The van der Waals surface area contributed by atoms with E-state index in [0.717, 1.165) is 6.54 Å². The van der Waals surface area contributed by atoms with Gasteiger partial charge in [-0.05, 0) is 32.3 Å². The fourth-order valence-electron chi connectivity index (χ4n) is 2.44. The van der Waals surface area contributed by atoms with Crippen LogP contribution in [0.2, 0.25) is 5.02 Å². The summed E-state index contributed by atoms with van der Waals surface area (Å²) in [7, 11) is 5.70. The molecular weight excluding hydrogens is 345 g/mol. The molecule has 0 radical (unpaired) electrons. The van der Waals surface area contributed by atoms with E-state index in [4.69, 9.17) is 17.3 Å². The Morgan fingerprint density at radius 3 is 2.76 bits per heavy atom. The van der Waals surface area contributed by atoms with E-state index in [1.807, 2.05) is 19.0 Å². The molecule has 0 aliphatic carbocycles. The normalized spacial score (nSPS) is 11.4. The Morgan fingerprint density at radius 1 is 1.32 bits per heavy atom. The lowest BCUT2D eigenvalue weighted by molar-refractivity contribution is 0.425. The molecule has 0 saturated carbocycles. The van der Waals surface area contributed by atoms with Crippen LogP contribution in [0.5, 0.6) is 0 Å². The first-order valence-electron chi connectivity index (χ1n) is 7.71. The van der Waals surface area contributed by atoms with E-state index in [-0.39, 0.29) is 5.02 Å². The van der Waals surface area contributed by atoms with Crippen molar-refractivity contribution >= 4 is 34.4 Å². The maximum Gasteiger partial charge on any atom is 0.225 e. The van der Waals surface area contributed by atoms with Crippen LogP contribution in [0, 0.1) is 5.82 Å². The number of nitrogen functional groups attached to an aromatic ring is 1. The van der Waals surface area contributed by atoms with E-state index < -0.39 is 5.82 Å². The maximum atomic E-state index is 13.5. The van der Waals surface area contributed by atoms with Gasteiger partial charge in [-0.1, -0.05) is 11.6 Å². The summed E-state index contributed by atoms with van der Waals surface area (Å²) in [4.78, 5) is 11.0. The molecule has 0 unspecified atom stereocenters. The van der Waals surface area contributed by atoms with E-state index in [0.29, 0.717) is 40.6 Å². The standard InChI is InChI=1S/C16H19ClFN7/c1-24(2)7-6-20-16-21-13(9-4-5-11(18)10(17)8-9)12-14(19)25(3)23-15(12)22-16/h4-5,8H,6-7,19H2,1-3H3,(H,20,22,23). The highest BCUT2D eigenvalue weighted by Crippen LogP contribution is 2.32. The summed E-state index contributed by atoms with van der Waals surface area (Å²) in [6, 6.07) is 4.44. The Labute approximate surface area is 149 Å². The van der Waals surface area contributed by atoms with Crippen molar-refractivity contribution in [2.75, 3.05) is 38.2 Å². The molecule has 0 spiro atoms. The number of likely N-dealkylation sites (N-methyl/N-ethyl adjacent to an activating group) is 1. The second kappa shape index (κ2) is 6.81.